The van der Waals surface area contributed by atoms with Crippen molar-refractivity contribution in [1.29, 1.82) is 0 Å². The van der Waals surface area contributed by atoms with Gasteiger partial charge in [-0.25, -0.2) is 0 Å². The number of aliphatic carboxylic acids is 1. The summed E-state index contributed by atoms with van der Waals surface area (Å²) in [6.07, 6.45) is -1.30. The Bertz CT molecular complexity index is 1310. The van der Waals surface area contributed by atoms with E-state index in [2.05, 4.69) is 0 Å². The Balaban J connectivity index is 1.92. The number of carboxylic acid groups (broad SMARTS) is 1. The molecule has 0 saturated carbocycles. The molecule has 0 saturated heterocycles. The lowest BCUT2D eigenvalue weighted by Crippen LogP contribution is -2.28. The van der Waals surface area contributed by atoms with Crippen molar-refractivity contribution in [3.8, 4) is 11.5 Å². The molecule has 0 aromatic heterocycles. The van der Waals surface area contributed by atoms with E-state index < -0.39 is 30.6 Å². The highest BCUT2D eigenvalue weighted by Gasteiger charge is 2.44. The molecule has 1 aliphatic heterocycles. The largest absolute Gasteiger partial charge is 0.493 e. The van der Waals surface area contributed by atoms with E-state index in [1.165, 1.54) is 24.3 Å². The fraction of sp³-hybridized carbons (Fsp3) is 0.280. The average molecular weight is 506 g/mol. The Kier molecular flexibility index (Phi) is 6.82. The lowest BCUT2D eigenvalue weighted by atomic mass is 9.96. The molecular formula is C25H22ClF2NO6. The van der Waals surface area contributed by atoms with Crippen molar-refractivity contribution >= 4 is 39.9 Å². The summed E-state index contributed by atoms with van der Waals surface area (Å²) in [6.45, 7) is 0.406. The second kappa shape index (κ2) is 9.67. The van der Waals surface area contributed by atoms with Crippen LogP contribution in [0.15, 0.2) is 42.5 Å². The van der Waals surface area contributed by atoms with E-state index >= 15 is 0 Å². The number of carboxylic acids is 1. The number of alkyl halides is 2. The maximum atomic E-state index is 13.6. The lowest BCUT2D eigenvalue weighted by molar-refractivity contribution is -0.138. The molecule has 7 nitrogen and oxygen atoms in total. The summed E-state index contributed by atoms with van der Waals surface area (Å²) in [7, 11) is 0. The minimum absolute atomic E-state index is 0.0108. The average Bonchev–Trinajstić information content (AvgIpc) is 3.06. The number of carbonyl (C=O) groups is 2. The number of aliphatic hydroxyl groups is 1. The molecule has 2 atom stereocenters. The highest BCUT2D eigenvalue weighted by molar-refractivity contribution is 6.34. The maximum Gasteiger partial charge on any atom is 0.387 e. The van der Waals surface area contributed by atoms with E-state index in [0.29, 0.717) is 17.4 Å². The number of aliphatic hydroxyl groups excluding tert-OH is 1. The molecule has 2 N–H and O–H groups in total. The van der Waals surface area contributed by atoms with Gasteiger partial charge in [-0.2, -0.15) is 8.78 Å². The van der Waals surface area contributed by atoms with Crippen molar-refractivity contribution in [3.05, 3.63) is 64.2 Å². The minimum atomic E-state index is -3.22. The van der Waals surface area contributed by atoms with Crippen LogP contribution in [0.5, 0.6) is 11.5 Å². The molecule has 4 rings (SSSR count). The number of hydrogen-bond donors (Lipinski definition) is 2. The number of amides is 1. The van der Waals surface area contributed by atoms with Gasteiger partial charge in [-0.1, -0.05) is 48.9 Å². The van der Waals surface area contributed by atoms with Crippen LogP contribution in [0.4, 0.5) is 14.5 Å². The van der Waals surface area contributed by atoms with E-state index in [4.69, 9.17) is 21.1 Å². The zero-order chi connectivity index (χ0) is 25.4. The summed E-state index contributed by atoms with van der Waals surface area (Å²) in [4.78, 5) is 26.1. The van der Waals surface area contributed by atoms with E-state index in [1.54, 1.807) is 32.0 Å². The number of anilines is 1. The third kappa shape index (κ3) is 4.15. The standard InChI is InChI=1S/C25H22ClF2NO6/c1-3-13(24(32)33)12-9-10-17(16(26)11-12)29-22(30)18-19(23(29)31)21(35-25(27)28)15-8-6-5-7-14(15)20(18)34-4-2/h5-11,13,22,25,30H,3-4H2,1-2H3,(H,32,33). The van der Waals surface area contributed by atoms with Gasteiger partial charge < -0.3 is 19.7 Å². The topological polar surface area (TPSA) is 96.3 Å². The molecule has 0 bridgehead atoms. The maximum absolute atomic E-state index is 13.6. The Morgan fingerprint density at radius 2 is 1.80 bits per heavy atom. The Labute approximate surface area is 204 Å². The van der Waals surface area contributed by atoms with Gasteiger partial charge in [0.25, 0.3) is 5.91 Å². The molecule has 3 aromatic rings. The number of carbonyl (C=O) groups excluding carboxylic acids is 1. The molecular weight excluding hydrogens is 484 g/mol. The van der Waals surface area contributed by atoms with Crippen molar-refractivity contribution < 1.29 is 38.1 Å². The molecule has 1 heterocycles. The van der Waals surface area contributed by atoms with Crippen LogP contribution >= 0.6 is 11.6 Å². The third-order valence-electron chi connectivity index (χ3n) is 5.93. The van der Waals surface area contributed by atoms with Crippen LogP contribution in [0.3, 0.4) is 0 Å². The second-order valence-electron chi connectivity index (χ2n) is 7.86. The first kappa shape index (κ1) is 24.7. The van der Waals surface area contributed by atoms with Crippen LogP contribution in [0, 0.1) is 0 Å². The van der Waals surface area contributed by atoms with Gasteiger partial charge in [0.05, 0.1) is 34.4 Å². The monoisotopic (exact) mass is 505 g/mol. The first-order valence-corrected chi connectivity index (χ1v) is 11.3. The summed E-state index contributed by atoms with van der Waals surface area (Å²) >= 11 is 6.44. The van der Waals surface area contributed by atoms with E-state index in [1.807, 2.05) is 0 Å². The Morgan fingerprint density at radius 1 is 1.14 bits per heavy atom. The van der Waals surface area contributed by atoms with E-state index in [-0.39, 0.29) is 45.3 Å². The minimum Gasteiger partial charge on any atom is -0.493 e. The Hall–Kier alpha value is -3.43. The molecule has 3 aromatic carbocycles. The van der Waals surface area contributed by atoms with Gasteiger partial charge >= 0.3 is 12.6 Å². The summed E-state index contributed by atoms with van der Waals surface area (Å²) in [5.74, 6) is -2.84. The van der Waals surface area contributed by atoms with Crippen LogP contribution in [0.1, 0.15) is 53.9 Å². The van der Waals surface area contributed by atoms with Gasteiger partial charge in [0.2, 0.25) is 0 Å². The normalized spacial score (nSPS) is 16.0. The predicted octanol–water partition coefficient (Wildman–Crippen LogP) is 5.72. The number of fused-ring (bicyclic) bond motifs is 2. The van der Waals surface area contributed by atoms with Crippen molar-refractivity contribution in [2.75, 3.05) is 11.5 Å². The first-order valence-electron chi connectivity index (χ1n) is 10.9. The fourth-order valence-corrected chi connectivity index (χ4v) is 4.73. The molecule has 2 unspecified atom stereocenters. The number of rotatable bonds is 8. The fourth-order valence-electron chi connectivity index (χ4n) is 4.45. The van der Waals surface area contributed by atoms with E-state index in [9.17, 15) is 28.6 Å². The lowest BCUT2D eigenvalue weighted by Gasteiger charge is -2.23. The Morgan fingerprint density at radius 3 is 2.34 bits per heavy atom. The summed E-state index contributed by atoms with van der Waals surface area (Å²) in [5.41, 5.74) is 0.245. The number of benzene rings is 3. The molecule has 0 fully saturated rings. The van der Waals surface area contributed by atoms with Gasteiger partial charge in [0.1, 0.15) is 11.5 Å². The SMILES string of the molecule is CCOc1c2c(c(OC(F)F)c3ccccc13)C(=O)N(c1ccc(C(CC)C(=O)O)cc1Cl)C2O. The van der Waals surface area contributed by atoms with Crippen molar-refractivity contribution in [1.82, 2.24) is 0 Å². The predicted molar refractivity (Wildman–Crippen MR) is 126 cm³/mol. The van der Waals surface area contributed by atoms with Gasteiger partial charge in [-0.05, 0) is 31.0 Å². The van der Waals surface area contributed by atoms with Crippen LogP contribution < -0.4 is 14.4 Å². The summed E-state index contributed by atoms with van der Waals surface area (Å²) in [5, 5.41) is 21.3. The number of nitrogens with zero attached hydrogens (tertiary/aromatic N) is 1. The second-order valence-corrected chi connectivity index (χ2v) is 8.27. The van der Waals surface area contributed by atoms with Crippen molar-refractivity contribution in [3.63, 3.8) is 0 Å². The first-order chi connectivity index (χ1) is 16.7. The number of ether oxygens (including phenoxy) is 2. The molecule has 0 aliphatic carbocycles. The molecule has 35 heavy (non-hydrogen) atoms. The van der Waals surface area contributed by atoms with Gasteiger partial charge in [0.15, 0.2) is 6.23 Å². The third-order valence-corrected chi connectivity index (χ3v) is 6.23. The zero-order valence-corrected chi connectivity index (χ0v) is 19.6. The van der Waals surface area contributed by atoms with Gasteiger partial charge in [-0.3, -0.25) is 14.5 Å². The van der Waals surface area contributed by atoms with Crippen molar-refractivity contribution in [2.24, 2.45) is 0 Å². The molecule has 10 heteroatoms. The van der Waals surface area contributed by atoms with Crippen LogP contribution in [-0.2, 0) is 4.79 Å². The molecule has 184 valence electrons. The zero-order valence-electron chi connectivity index (χ0n) is 18.8. The quantitative estimate of drug-likeness (QED) is 0.406. The highest BCUT2D eigenvalue weighted by atomic mass is 35.5. The van der Waals surface area contributed by atoms with Crippen LogP contribution in [-0.4, -0.2) is 35.3 Å². The number of halogens is 3. The number of hydrogen-bond acceptors (Lipinski definition) is 5. The van der Waals surface area contributed by atoms with Gasteiger partial charge in [-0.15, -0.1) is 0 Å². The molecule has 1 aliphatic rings. The van der Waals surface area contributed by atoms with Crippen LogP contribution in [0.2, 0.25) is 5.02 Å². The van der Waals surface area contributed by atoms with Crippen LogP contribution in [0.25, 0.3) is 10.8 Å². The van der Waals surface area contributed by atoms with Crippen molar-refractivity contribution in [2.45, 2.75) is 39.0 Å². The summed E-state index contributed by atoms with van der Waals surface area (Å²) < 4.78 is 37.3. The molecule has 0 spiro atoms. The van der Waals surface area contributed by atoms with Gasteiger partial charge in [0, 0.05) is 10.8 Å². The smallest absolute Gasteiger partial charge is 0.387 e. The summed E-state index contributed by atoms with van der Waals surface area (Å²) in [6, 6.07) is 10.8. The molecule has 1 amide bonds. The highest BCUT2D eigenvalue weighted by Crippen LogP contribution is 2.51. The molecule has 0 radical (unpaired) electrons. The van der Waals surface area contributed by atoms with E-state index in [0.717, 1.165) is 4.90 Å².